The molecule has 0 aliphatic heterocycles. The number of anilines is 1. The number of halogens is 1. The Hall–Kier alpha value is -1.07. The van der Waals surface area contributed by atoms with Gasteiger partial charge in [0.15, 0.2) is 11.6 Å². The molecule has 1 atom stereocenters. The van der Waals surface area contributed by atoms with E-state index in [0.717, 1.165) is 12.8 Å². The van der Waals surface area contributed by atoms with E-state index < -0.39 is 0 Å². The van der Waals surface area contributed by atoms with Crippen LogP contribution < -0.4 is 4.90 Å². The van der Waals surface area contributed by atoms with Crippen molar-refractivity contribution >= 4 is 17.4 Å². The molecule has 1 aromatic heterocycles. The first-order valence-electron chi connectivity index (χ1n) is 5.68. The predicted molar refractivity (Wildman–Crippen MR) is 65.3 cm³/mol. The average molecular weight is 258 g/mol. The number of rotatable bonds is 4. The van der Waals surface area contributed by atoms with Gasteiger partial charge in [-0.3, -0.25) is 0 Å². The number of hydrogen-bond donors (Lipinski definition) is 2. The molecule has 0 radical (unpaired) electrons. The first kappa shape index (κ1) is 12.4. The number of aromatic hydroxyl groups is 1. The fourth-order valence-electron chi connectivity index (χ4n) is 2.17. The van der Waals surface area contributed by atoms with Gasteiger partial charge >= 0.3 is 0 Å². The minimum atomic E-state index is -0.0272. The van der Waals surface area contributed by atoms with E-state index in [9.17, 15) is 10.2 Å². The Morgan fingerprint density at radius 3 is 2.82 bits per heavy atom. The zero-order valence-corrected chi connectivity index (χ0v) is 10.4. The van der Waals surface area contributed by atoms with Crippen LogP contribution in [0.5, 0.6) is 5.75 Å². The number of aliphatic hydroxyl groups excluding tert-OH is 1. The SMILES string of the molecule is CN(c1nc(Cl)ncc1O)[C@H](CO)C1CCC1. The lowest BCUT2D eigenvalue weighted by atomic mass is 9.79. The van der Waals surface area contributed by atoms with Crippen LogP contribution in [0.4, 0.5) is 5.82 Å². The van der Waals surface area contributed by atoms with Crippen LogP contribution in [0.2, 0.25) is 5.28 Å². The molecular weight excluding hydrogens is 242 g/mol. The molecule has 0 unspecified atom stereocenters. The summed E-state index contributed by atoms with van der Waals surface area (Å²) in [5.74, 6) is 0.809. The Morgan fingerprint density at radius 1 is 1.59 bits per heavy atom. The molecule has 17 heavy (non-hydrogen) atoms. The Labute approximate surface area is 105 Å². The second-order valence-electron chi connectivity index (χ2n) is 4.40. The summed E-state index contributed by atoms with van der Waals surface area (Å²) in [5.41, 5.74) is 0. The van der Waals surface area contributed by atoms with Crippen LogP contribution in [0, 0.1) is 5.92 Å². The quantitative estimate of drug-likeness (QED) is 0.799. The number of hydrogen-bond acceptors (Lipinski definition) is 5. The molecule has 94 valence electrons. The van der Waals surface area contributed by atoms with Gasteiger partial charge in [0, 0.05) is 7.05 Å². The van der Waals surface area contributed by atoms with Gasteiger partial charge in [0.25, 0.3) is 0 Å². The van der Waals surface area contributed by atoms with Crippen LogP contribution in [0.1, 0.15) is 19.3 Å². The summed E-state index contributed by atoms with van der Waals surface area (Å²) in [6.45, 7) is 0.0439. The zero-order valence-electron chi connectivity index (χ0n) is 9.67. The Morgan fingerprint density at radius 2 is 2.29 bits per heavy atom. The van der Waals surface area contributed by atoms with Gasteiger partial charge < -0.3 is 15.1 Å². The van der Waals surface area contributed by atoms with Crippen LogP contribution in [0.3, 0.4) is 0 Å². The summed E-state index contributed by atoms with van der Waals surface area (Å²) in [7, 11) is 1.80. The van der Waals surface area contributed by atoms with Crippen LogP contribution in [-0.4, -0.2) is 39.9 Å². The van der Waals surface area contributed by atoms with Gasteiger partial charge in [0.1, 0.15) is 0 Å². The van der Waals surface area contributed by atoms with Crippen LogP contribution in [-0.2, 0) is 0 Å². The van der Waals surface area contributed by atoms with E-state index in [4.69, 9.17) is 11.6 Å². The third kappa shape index (κ3) is 2.45. The Bertz CT molecular complexity index is 398. The molecule has 1 saturated carbocycles. The lowest BCUT2D eigenvalue weighted by Crippen LogP contribution is -2.44. The molecule has 0 spiro atoms. The highest BCUT2D eigenvalue weighted by atomic mass is 35.5. The van der Waals surface area contributed by atoms with Crippen molar-refractivity contribution in [1.82, 2.24) is 9.97 Å². The maximum absolute atomic E-state index is 9.72. The van der Waals surface area contributed by atoms with Gasteiger partial charge in [0.05, 0.1) is 18.8 Å². The van der Waals surface area contributed by atoms with Crippen LogP contribution in [0.15, 0.2) is 6.20 Å². The average Bonchev–Trinajstić information content (AvgIpc) is 2.25. The highest BCUT2D eigenvalue weighted by molar-refractivity contribution is 6.28. The van der Waals surface area contributed by atoms with Gasteiger partial charge in [-0.2, -0.15) is 4.98 Å². The van der Waals surface area contributed by atoms with Crippen molar-refractivity contribution in [2.75, 3.05) is 18.6 Å². The molecule has 1 aliphatic rings. The fourth-order valence-corrected chi connectivity index (χ4v) is 2.30. The lowest BCUT2D eigenvalue weighted by molar-refractivity contribution is 0.171. The van der Waals surface area contributed by atoms with E-state index in [0.29, 0.717) is 11.7 Å². The van der Waals surface area contributed by atoms with Gasteiger partial charge in [-0.15, -0.1) is 0 Å². The molecule has 5 nitrogen and oxygen atoms in total. The summed E-state index contributed by atoms with van der Waals surface area (Å²) in [6, 6.07) is -0.0272. The third-order valence-electron chi connectivity index (χ3n) is 3.43. The molecule has 0 aromatic carbocycles. The van der Waals surface area contributed by atoms with Crippen LogP contribution in [0.25, 0.3) is 0 Å². The van der Waals surface area contributed by atoms with Crippen molar-refractivity contribution < 1.29 is 10.2 Å². The Balaban J connectivity index is 2.21. The first-order valence-corrected chi connectivity index (χ1v) is 6.06. The lowest BCUT2D eigenvalue weighted by Gasteiger charge is -2.38. The summed E-state index contributed by atoms with van der Waals surface area (Å²) >= 11 is 5.71. The van der Waals surface area contributed by atoms with Gasteiger partial charge in [0.2, 0.25) is 5.28 Å². The second kappa shape index (κ2) is 5.06. The Kier molecular flexibility index (Phi) is 3.69. The monoisotopic (exact) mass is 257 g/mol. The van der Waals surface area contributed by atoms with E-state index >= 15 is 0 Å². The molecule has 1 aromatic rings. The van der Waals surface area contributed by atoms with E-state index in [2.05, 4.69) is 9.97 Å². The molecule has 2 rings (SSSR count). The van der Waals surface area contributed by atoms with Crippen molar-refractivity contribution in [3.63, 3.8) is 0 Å². The molecule has 1 aliphatic carbocycles. The maximum Gasteiger partial charge on any atom is 0.224 e. The largest absolute Gasteiger partial charge is 0.503 e. The molecular formula is C11H16ClN3O2. The summed E-state index contributed by atoms with van der Waals surface area (Å²) in [4.78, 5) is 9.49. The predicted octanol–water partition coefficient (Wildman–Crippen LogP) is 1.43. The van der Waals surface area contributed by atoms with E-state index in [1.165, 1.54) is 12.6 Å². The van der Waals surface area contributed by atoms with E-state index in [1.54, 1.807) is 11.9 Å². The van der Waals surface area contributed by atoms with Crippen LogP contribution >= 0.6 is 11.6 Å². The maximum atomic E-state index is 9.72. The number of nitrogens with zero attached hydrogens (tertiary/aromatic N) is 3. The highest BCUT2D eigenvalue weighted by Gasteiger charge is 2.31. The van der Waals surface area contributed by atoms with Crippen molar-refractivity contribution in [2.24, 2.45) is 5.92 Å². The third-order valence-corrected chi connectivity index (χ3v) is 3.62. The molecule has 1 heterocycles. The smallest absolute Gasteiger partial charge is 0.224 e. The van der Waals surface area contributed by atoms with Crippen molar-refractivity contribution in [1.29, 1.82) is 0 Å². The minimum Gasteiger partial charge on any atom is -0.503 e. The zero-order chi connectivity index (χ0) is 12.4. The van der Waals surface area contributed by atoms with Crippen molar-refractivity contribution in [3.8, 4) is 5.75 Å². The molecule has 0 saturated heterocycles. The van der Waals surface area contributed by atoms with Gasteiger partial charge in [-0.1, -0.05) is 6.42 Å². The number of aliphatic hydroxyl groups is 1. The second-order valence-corrected chi connectivity index (χ2v) is 4.74. The topological polar surface area (TPSA) is 69.5 Å². The normalized spacial score (nSPS) is 17.6. The van der Waals surface area contributed by atoms with Gasteiger partial charge in [-0.05, 0) is 30.4 Å². The summed E-state index contributed by atoms with van der Waals surface area (Å²) in [5, 5.41) is 19.3. The van der Waals surface area contributed by atoms with E-state index in [-0.39, 0.29) is 23.7 Å². The molecule has 1 fully saturated rings. The molecule has 6 heteroatoms. The highest BCUT2D eigenvalue weighted by Crippen LogP contribution is 2.35. The van der Waals surface area contributed by atoms with Crippen molar-refractivity contribution in [2.45, 2.75) is 25.3 Å². The van der Waals surface area contributed by atoms with E-state index in [1.807, 2.05) is 0 Å². The summed E-state index contributed by atoms with van der Waals surface area (Å²) in [6.07, 6.45) is 4.69. The fraction of sp³-hybridized carbons (Fsp3) is 0.636. The summed E-state index contributed by atoms with van der Waals surface area (Å²) < 4.78 is 0. The molecule has 2 N–H and O–H groups in total. The van der Waals surface area contributed by atoms with Crippen molar-refractivity contribution in [3.05, 3.63) is 11.5 Å². The number of likely N-dealkylation sites (N-methyl/N-ethyl adjacent to an activating group) is 1. The molecule has 0 amide bonds. The van der Waals surface area contributed by atoms with Gasteiger partial charge in [-0.25, -0.2) is 4.98 Å². The first-order chi connectivity index (χ1) is 8.13. The number of aromatic nitrogens is 2. The minimum absolute atomic E-state index is 0.0188. The standard InChI is InChI=1S/C11H16ClN3O2/c1-15(8(6-16)7-3-2-4-7)10-9(17)5-13-11(12)14-10/h5,7-8,16-17H,2-4,6H2,1H3/t8-/m1/s1. The molecule has 0 bridgehead atoms.